The van der Waals surface area contributed by atoms with E-state index in [-0.39, 0.29) is 5.75 Å². The zero-order chi connectivity index (χ0) is 11.8. The lowest BCUT2D eigenvalue weighted by Gasteiger charge is -2.12. The second kappa shape index (κ2) is 4.08. The molecule has 0 spiro atoms. The van der Waals surface area contributed by atoms with Gasteiger partial charge in [-0.2, -0.15) is 0 Å². The first kappa shape index (κ1) is 10.7. The summed E-state index contributed by atoms with van der Waals surface area (Å²) in [5.74, 6) is 0.575. The minimum atomic E-state index is 0.154. The summed E-state index contributed by atoms with van der Waals surface area (Å²) in [6.07, 6.45) is 2.25. The Balaban J connectivity index is 2.04. The normalized spacial score (nSPS) is 18.1. The first-order valence-electron chi connectivity index (χ1n) is 5.82. The molecule has 2 aromatic rings. The van der Waals surface area contributed by atoms with Gasteiger partial charge in [0.1, 0.15) is 5.75 Å². The van der Waals surface area contributed by atoms with Crippen molar-refractivity contribution in [3.63, 3.8) is 0 Å². The molecule has 2 heteroatoms. The average molecular weight is 245 g/mol. The number of phenolic OH excluding ortho intramolecular Hbond substituents is 1. The third-order valence-electron chi connectivity index (χ3n) is 3.51. The minimum absolute atomic E-state index is 0.154. The summed E-state index contributed by atoms with van der Waals surface area (Å²) < 4.78 is 0. The van der Waals surface area contributed by atoms with E-state index in [1.807, 2.05) is 12.1 Å². The second-order valence-electron chi connectivity index (χ2n) is 4.50. The summed E-state index contributed by atoms with van der Waals surface area (Å²) in [5, 5.41) is 9.89. The standard InChI is InChI=1S/C15H13ClO/c16-14-9-11(6-8-15(14)17)13-7-5-10-3-1-2-4-12(10)13/h1-4,6,8-9,13,17H,5,7H2. The summed E-state index contributed by atoms with van der Waals surface area (Å²) in [5.41, 5.74) is 4.02. The maximum Gasteiger partial charge on any atom is 0.134 e. The van der Waals surface area contributed by atoms with E-state index in [1.54, 1.807) is 6.07 Å². The van der Waals surface area contributed by atoms with Gasteiger partial charge in [-0.05, 0) is 41.7 Å². The molecule has 2 aromatic carbocycles. The number of aryl methyl sites for hydroxylation is 1. The maximum absolute atomic E-state index is 9.45. The van der Waals surface area contributed by atoms with E-state index in [4.69, 9.17) is 11.6 Å². The monoisotopic (exact) mass is 244 g/mol. The van der Waals surface area contributed by atoms with Gasteiger partial charge in [-0.3, -0.25) is 0 Å². The number of fused-ring (bicyclic) bond motifs is 1. The summed E-state index contributed by atoms with van der Waals surface area (Å²) in [6, 6.07) is 14.1. The number of hydrogen-bond donors (Lipinski definition) is 1. The van der Waals surface area contributed by atoms with E-state index in [9.17, 15) is 5.11 Å². The fourth-order valence-corrected chi connectivity index (χ4v) is 2.83. The van der Waals surface area contributed by atoms with Crippen molar-refractivity contribution >= 4 is 11.6 Å². The van der Waals surface area contributed by atoms with Crippen LogP contribution in [-0.2, 0) is 6.42 Å². The van der Waals surface area contributed by atoms with Crippen LogP contribution in [-0.4, -0.2) is 5.11 Å². The molecule has 86 valence electrons. The molecule has 0 radical (unpaired) electrons. The van der Waals surface area contributed by atoms with Crippen LogP contribution in [0, 0.1) is 0 Å². The Kier molecular flexibility index (Phi) is 2.56. The Bertz CT molecular complexity index is 563. The number of phenols is 1. The van der Waals surface area contributed by atoms with Crippen LogP contribution in [0.15, 0.2) is 42.5 Å². The number of hydrogen-bond acceptors (Lipinski definition) is 1. The van der Waals surface area contributed by atoms with Gasteiger partial charge in [0.2, 0.25) is 0 Å². The van der Waals surface area contributed by atoms with Gasteiger partial charge in [-0.1, -0.05) is 41.9 Å². The van der Waals surface area contributed by atoms with Crippen molar-refractivity contribution in [2.45, 2.75) is 18.8 Å². The van der Waals surface area contributed by atoms with Crippen molar-refractivity contribution in [1.29, 1.82) is 0 Å². The largest absolute Gasteiger partial charge is 0.506 e. The summed E-state index contributed by atoms with van der Waals surface area (Å²) in [7, 11) is 0. The fourth-order valence-electron chi connectivity index (χ4n) is 2.64. The smallest absolute Gasteiger partial charge is 0.134 e. The Morgan fingerprint density at radius 1 is 1.12 bits per heavy atom. The minimum Gasteiger partial charge on any atom is -0.506 e. The van der Waals surface area contributed by atoms with E-state index >= 15 is 0 Å². The lowest BCUT2D eigenvalue weighted by atomic mass is 9.93. The number of aromatic hydroxyl groups is 1. The molecule has 1 N–H and O–H groups in total. The molecule has 0 aliphatic heterocycles. The first-order chi connectivity index (χ1) is 8.25. The highest BCUT2D eigenvalue weighted by molar-refractivity contribution is 6.32. The van der Waals surface area contributed by atoms with Gasteiger partial charge in [0, 0.05) is 5.92 Å². The highest BCUT2D eigenvalue weighted by Gasteiger charge is 2.23. The molecule has 0 heterocycles. The predicted octanol–water partition coefficient (Wildman–Crippen LogP) is 4.12. The summed E-state index contributed by atoms with van der Waals surface area (Å²) in [6.45, 7) is 0. The van der Waals surface area contributed by atoms with E-state index in [2.05, 4.69) is 24.3 Å². The molecular formula is C15H13ClO. The summed E-state index contributed by atoms with van der Waals surface area (Å²) in [4.78, 5) is 0. The third-order valence-corrected chi connectivity index (χ3v) is 3.81. The molecule has 0 fully saturated rings. The van der Waals surface area contributed by atoms with Gasteiger partial charge in [0.05, 0.1) is 5.02 Å². The first-order valence-corrected chi connectivity index (χ1v) is 6.20. The van der Waals surface area contributed by atoms with E-state index in [0.29, 0.717) is 10.9 Å². The van der Waals surface area contributed by atoms with Gasteiger partial charge >= 0.3 is 0 Å². The van der Waals surface area contributed by atoms with Crippen LogP contribution in [0.3, 0.4) is 0 Å². The van der Waals surface area contributed by atoms with E-state index in [1.165, 1.54) is 16.7 Å². The molecule has 0 saturated carbocycles. The van der Waals surface area contributed by atoms with Crippen LogP contribution in [0.2, 0.25) is 5.02 Å². The molecule has 0 aromatic heterocycles. The Labute approximate surface area is 106 Å². The number of halogens is 1. The maximum atomic E-state index is 9.45. The van der Waals surface area contributed by atoms with Crippen molar-refractivity contribution in [3.05, 3.63) is 64.2 Å². The van der Waals surface area contributed by atoms with Crippen LogP contribution >= 0.6 is 11.6 Å². The molecule has 0 amide bonds. The van der Waals surface area contributed by atoms with Crippen LogP contribution in [0.4, 0.5) is 0 Å². The van der Waals surface area contributed by atoms with E-state index < -0.39 is 0 Å². The molecule has 1 nitrogen and oxygen atoms in total. The second-order valence-corrected chi connectivity index (χ2v) is 4.91. The van der Waals surface area contributed by atoms with E-state index in [0.717, 1.165) is 12.8 Å². The van der Waals surface area contributed by atoms with Gasteiger partial charge in [-0.25, -0.2) is 0 Å². The molecular weight excluding hydrogens is 232 g/mol. The highest BCUT2D eigenvalue weighted by Crippen LogP contribution is 2.39. The Morgan fingerprint density at radius 2 is 1.94 bits per heavy atom. The average Bonchev–Trinajstić information content (AvgIpc) is 2.76. The Hall–Kier alpha value is -1.47. The molecule has 0 saturated heterocycles. The van der Waals surface area contributed by atoms with Crippen molar-refractivity contribution in [2.24, 2.45) is 0 Å². The molecule has 1 aliphatic rings. The SMILES string of the molecule is Oc1ccc(C2CCc3ccccc32)cc1Cl. The third kappa shape index (κ3) is 1.81. The molecule has 1 aliphatic carbocycles. The number of rotatable bonds is 1. The zero-order valence-electron chi connectivity index (χ0n) is 9.36. The van der Waals surface area contributed by atoms with Crippen molar-refractivity contribution in [2.75, 3.05) is 0 Å². The van der Waals surface area contributed by atoms with Gasteiger partial charge in [-0.15, -0.1) is 0 Å². The topological polar surface area (TPSA) is 20.2 Å². The van der Waals surface area contributed by atoms with Crippen molar-refractivity contribution < 1.29 is 5.11 Å². The molecule has 1 atom stereocenters. The van der Waals surface area contributed by atoms with Crippen molar-refractivity contribution in [1.82, 2.24) is 0 Å². The predicted molar refractivity (Wildman–Crippen MR) is 69.7 cm³/mol. The van der Waals surface area contributed by atoms with Gasteiger partial charge in [0.25, 0.3) is 0 Å². The Morgan fingerprint density at radius 3 is 2.76 bits per heavy atom. The zero-order valence-corrected chi connectivity index (χ0v) is 10.1. The van der Waals surface area contributed by atoms with Crippen molar-refractivity contribution in [3.8, 4) is 5.75 Å². The fraction of sp³-hybridized carbons (Fsp3) is 0.200. The van der Waals surface area contributed by atoms with Gasteiger partial charge in [0.15, 0.2) is 0 Å². The van der Waals surface area contributed by atoms with Gasteiger partial charge < -0.3 is 5.11 Å². The lowest BCUT2D eigenvalue weighted by molar-refractivity contribution is 0.475. The quantitative estimate of drug-likeness (QED) is 0.800. The van der Waals surface area contributed by atoms with Crippen LogP contribution in [0.5, 0.6) is 5.75 Å². The molecule has 3 rings (SSSR count). The van der Waals surface area contributed by atoms with Crippen LogP contribution in [0.1, 0.15) is 29.0 Å². The molecule has 1 unspecified atom stereocenters. The lowest BCUT2D eigenvalue weighted by Crippen LogP contribution is -1.95. The molecule has 17 heavy (non-hydrogen) atoms. The summed E-state index contributed by atoms with van der Waals surface area (Å²) >= 11 is 5.97. The molecule has 0 bridgehead atoms. The highest BCUT2D eigenvalue weighted by atomic mass is 35.5. The number of benzene rings is 2. The van der Waals surface area contributed by atoms with Crippen LogP contribution in [0.25, 0.3) is 0 Å². The van der Waals surface area contributed by atoms with Crippen LogP contribution < -0.4 is 0 Å².